The second-order valence-electron chi connectivity index (χ2n) is 7.68. The highest BCUT2D eigenvalue weighted by atomic mass is 15.1. The van der Waals surface area contributed by atoms with Gasteiger partial charge in [-0.1, -0.05) is 109 Å². The summed E-state index contributed by atoms with van der Waals surface area (Å²) in [6, 6.07) is 38.1. The molecule has 0 spiro atoms. The van der Waals surface area contributed by atoms with Crippen molar-refractivity contribution in [3.8, 4) is 11.1 Å². The molecule has 4 aromatic carbocycles. The lowest BCUT2D eigenvalue weighted by Gasteiger charge is -2.08. The van der Waals surface area contributed by atoms with E-state index in [1.807, 2.05) is 6.07 Å². The average molecular weight is 401 g/mol. The number of allylic oxidation sites excluding steroid dienone is 1. The molecule has 150 valence electrons. The molecule has 0 radical (unpaired) electrons. The van der Waals surface area contributed by atoms with Crippen LogP contribution in [0.15, 0.2) is 115 Å². The van der Waals surface area contributed by atoms with Crippen molar-refractivity contribution in [3.63, 3.8) is 0 Å². The van der Waals surface area contributed by atoms with Gasteiger partial charge in [-0.25, -0.2) is 4.98 Å². The Kier molecular flexibility index (Phi) is 5.44. The number of para-hydroxylation sites is 2. The first kappa shape index (κ1) is 19.1. The van der Waals surface area contributed by atoms with Gasteiger partial charge >= 0.3 is 0 Å². The van der Waals surface area contributed by atoms with Crippen molar-refractivity contribution in [1.82, 2.24) is 9.55 Å². The molecule has 0 atom stereocenters. The summed E-state index contributed by atoms with van der Waals surface area (Å²) < 4.78 is 2.32. The van der Waals surface area contributed by atoms with Crippen molar-refractivity contribution in [2.24, 2.45) is 0 Å². The van der Waals surface area contributed by atoms with Crippen molar-refractivity contribution in [3.05, 3.63) is 132 Å². The lowest BCUT2D eigenvalue weighted by molar-refractivity contribution is 0.781. The predicted octanol–water partition coefficient (Wildman–Crippen LogP) is 7.01. The van der Waals surface area contributed by atoms with E-state index in [4.69, 9.17) is 4.98 Å². The molecule has 1 aromatic heterocycles. The van der Waals surface area contributed by atoms with Crippen molar-refractivity contribution in [1.29, 1.82) is 0 Å². The third-order valence-corrected chi connectivity index (χ3v) is 5.55. The van der Waals surface area contributed by atoms with Crippen LogP contribution in [0.4, 0.5) is 0 Å². The van der Waals surface area contributed by atoms with Gasteiger partial charge in [-0.15, -0.1) is 0 Å². The van der Waals surface area contributed by atoms with E-state index in [0.29, 0.717) is 0 Å². The molecule has 0 unspecified atom stereocenters. The van der Waals surface area contributed by atoms with Crippen LogP contribution in [0.3, 0.4) is 0 Å². The quantitative estimate of drug-likeness (QED) is 0.300. The van der Waals surface area contributed by atoms with Gasteiger partial charge in [0.15, 0.2) is 0 Å². The van der Waals surface area contributed by atoms with Crippen LogP contribution in [0.1, 0.15) is 17.0 Å². The van der Waals surface area contributed by atoms with Crippen LogP contribution in [-0.4, -0.2) is 9.55 Å². The molecule has 0 aliphatic carbocycles. The summed E-state index contributed by atoms with van der Waals surface area (Å²) in [6.07, 6.45) is 5.20. The minimum absolute atomic E-state index is 0.798. The summed E-state index contributed by atoms with van der Waals surface area (Å²) in [4.78, 5) is 4.94. The normalized spacial score (nSPS) is 11.4. The van der Waals surface area contributed by atoms with Gasteiger partial charge < -0.3 is 4.57 Å². The van der Waals surface area contributed by atoms with E-state index in [9.17, 15) is 0 Å². The second-order valence-corrected chi connectivity index (χ2v) is 7.68. The first-order chi connectivity index (χ1) is 15.4. The SMILES string of the molecule is C(=C\c1ccccc1)/Cn1c(Cc2ccc(-c3ccccc3)cc2)nc2ccccc21. The zero-order valence-electron chi connectivity index (χ0n) is 17.4. The van der Waals surface area contributed by atoms with Crippen molar-refractivity contribution >= 4 is 17.1 Å². The molecule has 2 heteroatoms. The Labute approximate surface area is 183 Å². The molecular weight excluding hydrogens is 376 g/mol. The zero-order chi connectivity index (χ0) is 20.9. The minimum Gasteiger partial charge on any atom is -0.324 e. The van der Waals surface area contributed by atoms with Gasteiger partial charge in [-0.2, -0.15) is 0 Å². The second kappa shape index (κ2) is 8.85. The van der Waals surface area contributed by atoms with Crippen LogP contribution in [0, 0.1) is 0 Å². The van der Waals surface area contributed by atoms with E-state index in [1.54, 1.807) is 0 Å². The maximum absolute atomic E-state index is 4.94. The molecule has 0 amide bonds. The Morgan fingerprint density at radius 1 is 0.645 bits per heavy atom. The van der Waals surface area contributed by atoms with E-state index < -0.39 is 0 Å². The van der Waals surface area contributed by atoms with Crippen LogP contribution in [0.25, 0.3) is 28.2 Å². The Morgan fingerprint density at radius 2 is 1.29 bits per heavy atom. The Bertz CT molecular complexity index is 1300. The number of nitrogens with zero attached hydrogens (tertiary/aromatic N) is 2. The fourth-order valence-electron chi connectivity index (χ4n) is 3.95. The molecular formula is C29H24N2. The van der Waals surface area contributed by atoms with Crippen molar-refractivity contribution < 1.29 is 0 Å². The van der Waals surface area contributed by atoms with Crippen LogP contribution in [-0.2, 0) is 13.0 Å². The minimum atomic E-state index is 0.798. The third-order valence-electron chi connectivity index (χ3n) is 5.55. The lowest BCUT2D eigenvalue weighted by atomic mass is 10.0. The monoisotopic (exact) mass is 400 g/mol. The largest absolute Gasteiger partial charge is 0.324 e. The van der Waals surface area contributed by atoms with Gasteiger partial charge in [0.1, 0.15) is 5.82 Å². The van der Waals surface area contributed by atoms with Gasteiger partial charge in [-0.3, -0.25) is 0 Å². The Balaban J connectivity index is 1.41. The number of fused-ring (bicyclic) bond motifs is 1. The van der Waals surface area contributed by atoms with Gasteiger partial charge in [0.2, 0.25) is 0 Å². The molecule has 0 saturated carbocycles. The zero-order valence-corrected chi connectivity index (χ0v) is 17.4. The van der Waals surface area contributed by atoms with Crippen LogP contribution in [0.5, 0.6) is 0 Å². The predicted molar refractivity (Wildman–Crippen MR) is 130 cm³/mol. The smallest absolute Gasteiger partial charge is 0.114 e. The fraction of sp³-hybridized carbons (Fsp3) is 0.0690. The molecule has 5 rings (SSSR count). The molecule has 1 heterocycles. The first-order valence-corrected chi connectivity index (χ1v) is 10.7. The summed E-state index contributed by atoms with van der Waals surface area (Å²) in [5, 5.41) is 0. The summed E-state index contributed by atoms with van der Waals surface area (Å²) >= 11 is 0. The maximum atomic E-state index is 4.94. The van der Waals surface area contributed by atoms with E-state index >= 15 is 0 Å². The average Bonchev–Trinajstić information content (AvgIpc) is 3.18. The van der Waals surface area contributed by atoms with Crippen LogP contribution in [0.2, 0.25) is 0 Å². The van der Waals surface area contributed by atoms with E-state index in [0.717, 1.165) is 24.3 Å². The summed E-state index contributed by atoms with van der Waals surface area (Å²) in [6.45, 7) is 0.798. The standard InChI is InChI=1S/C29H24N2/c1-3-10-23(11-4-1)12-9-21-31-28-16-8-7-15-27(28)30-29(31)22-24-17-19-26(20-18-24)25-13-5-2-6-14-25/h1-20H,21-22H2/b12-9+. The number of hydrogen-bond acceptors (Lipinski definition) is 1. The van der Waals surface area contributed by atoms with Gasteiger partial charge in [0.05, 0.1) is 11.0 Å². The molecule has 0 aliphatic rings. The van der Waals surface area contributed by atoms with Gasteiger partial charge in [-0.05, 0) is 34.4 Å². The fourth-order valence-corrected chi connectivity index (χ4v) is 3.95. The Hall–Kier alpha value is -3.91. The lowest BCUT2D eigenvalue weighted by Crippen LogP contribution is -2.03. The third kappa shape index (κ3) is 4.34. The van der Waals surface area contributed by atoms with Crippen molar-refractivity contribution in [2.75, 3.05) is 0 Å². The first-order valence-electron chi connectivity index (χ1n) is 10.7. The number of imidazole rings is 1. The molecule has 0 bridgehead atoms. The molecule has 5 aromatic rings. The highest BCUT2D eigenvalue weighted by Gasteiger charge is 2.10. The number of benzene rings is 4. The molecule has 0 saturated heterocycles. The topological polar surface area (TPSA) is 17.8 Å². The summed E-state index contributed by atoms with van der Waals surface area (Å²) in [5.74, 6) is 1.09. The Morgan fingerprint density at radius 3 is 2.06 bits per heavy atom. The van der Waals surface area contributed by atoms with Gasteiger partial charge in [0, 0.05) is 13.0 Å². The van der Waals surface area contributed by atoms with Gasteiger partial charge in [0.25, 0.3) is 0 Å². The summed E-state index contributed by atoms with van der Waals surface area (Å²) in [7, 11) is 0. The molecule has 31 heavy (non-hydrogen) atoms. The highest BCUT2D eigenvalue weighted by Crippen LogP contribution is 2.22. The maximum Gasteiger partial charge on any atom is 0.114 e. The molecule has 0 aliphatic heterocycles. The highest BCUT2D eigenvalue weighted by molar-refractivity contribution is 5.76. The molecule has 0 fully saturated rings. The molecule has 2 nitrogen and oxygen atoms in total. The van der Waals surface area contributed by atoms with Crippen molar-refractivity contribution in [2.45, 2.75) is 13.0 Å². The number of hydrogen-bond donors (Lipinski definition) is 0. The number of rotatable bonds is 6. The van der Waals surface area contributed by atoms with E-state index in [2.05, 4.69) is 120 Å². The van der Waals surface area contributed by atoms with E-state index in [1.165, 1.54) is 27.8 Å². The van der Waals surface area contributed by atoms with Crippen LogP contribution < -0.4 is 0 Å². The number of aromatic nitrogens is 2. The summed E-state index contributed by atoms with van der Waals surface area (Å²) in [5.41, 5.74) is 7.19. The molecule has 0 N–H and O–H groups in total. The van der Waals surface area contributed by atoms with E-state index in [-0.39, 0.29) is 0 Å². The van der Waals surface area contributed by atoms with Crippen LogP contribution >= 0.6 is 0 Å².